The van der Waals surface area contributed by atoms with Gasteiger partial charge in [0.25, 0.3) is 5.91 Å². The minimum Gasteiger partial charge on any atom is -0.490 e. The molecular formula is C14H12BrNO4. The van der Waals surface area contributed by atoms with E-state index in [0.29, 0.717) is 40.6 Å². The van der Waals surface area contributed by atoms with Crippen molar-refractivity contribution in [3.05, 3.63) is 40.8 Å². The van der Waals surface area contributed by atoms with Crippen LogP contribution >= 0.6 is 15.9 Å². The lowest BCUT2D eigenvalue weighted by Crippen LogP contribution is -2.11. The maximum Gasteiger partial charge on any atom is 0.260 e. The summed E-state index contributed by atoms with van der Waals surface area (Å²) in [5.74, 6) is 1.09. The lowest BCUT2D eigenvalue weighted by atomic mass is 10.2. The van der Waals surface area contributed by atoms with Crippen molar-refractivity contribution in [2.24, 2.45) is 0 Å². The predicted molar refractivity (Wildman–Crippen MR) is 76.4 cm³/mol. The van der Waals surface area contributed by atoms with E-state index in [1.165, 1.54) is 6.26 Å². The SMILES string of the molecule is O=C(Nc1ccc2c(c1)OCCCO2)c1ccoc1Br. The van der Waals surface area contributed by atoms with Gasteiger partial charge in [-0.3, -0.25) is 4.79 Å². The quantitative estimate of drug-likeness (QED) is 0.911. The Bertz CT molecular complexity index is 638. The van der Waals surface area contributed by atoms with E-state index in [2.05, 4.69) is 21.2 Å². The number of anilines is 1. The fraction of sp³-hybridized carbons (Fsp3) is 0.214. The lowest BCUT2D eigenvalue weighted by molar-refractivity contribution is 0.102. The molecule has 0 aliphatic carbocycles. The van der Waals surface area contributed by atoms with Gasteiger partial charge in [0.2, 0.25) is 0 Å². The number of furan rings is 1. The molecule has 0 radical (unpaired) electrons. The van der Waals surface area contributed by atoms with Gasteiger partial charge in [-0.15, -0.1) is 0 Å². The molecule has 2 aromatic rings. The first-order valence-corrected chi connectivity index (χ1v) is 6.97. The van der Waals surface area contributed by atoms with Gasteiger partial charge < -0.3 is 19.2 Å². The van der Waals surface area contributed by atoms with Crippen LogP contribution in [-0.2, 0) is 0 Å². The van der Waals surface area contributed by atoms with Gasteiger partial charge in [-0.2, -0.15) is 0 Å². The number of carbonyl (C=O) groups excluding carboxylic acids is 1. The highest BCUT2D eigenvalue weighted by Gasteiger charge is 2.15. The number of rotatable bonds is 2. The number of carbonyl (C=O) groups is 1. The second-order valence-electron chi connectivity index (χ2n) is 4.27. The third-order valence-corrected chi connectivity index (χ3v) is 3.48. The zero-order valence-corrected chi connectivity index (χ0v) is 12.1. The second kappa shape index (κ2) is 5.58. The molecule has 2 heterocycles. The largest absolute Gasteiger partial charge is 0.490 e. The Balaban J connectivity index is 1.80. The molecule has 5 nitrogen and oxygen atoms in total. The average molecular weight is 338 g/mol. The average Bonchev–Trinajstić information content (AvgIpc) is 2.73. The van der Waals surface area contributed by atoms with Gasteiger partial charge in [-0.25, -0.2) is 0 Å². The highest BCUT2D eigenvalue weighted by Crippen LogP contribution is 2.32. The molecule has 1 aliphatic rings. The molecule has 0 bridgehead atoms. The van der Waals surface area contributed by atoms with E-state index in [1.807, 2.05) is 0 Å². The fourth-order valence-electron chi connectivity index (χ4n) is 1.90. The highest BCUT2D eigenvalue weighted by molar-refractivity contribution is 9.10. The number of amides is 1. The molecule has 0 saturated heterocycles. The number of halogens is 1. The van der Waals surface area contributed by atoms with Crippen LogP contribution in [0, 0.1) is 0 Å². The van der Waals surface area contributed by atoms with Crippen molar-refractivity contribution in [3.8, 4) is 11.5 Å². The number of hydrogen-bond acceptors (Lipinski definition) is 4. The van der Waals surface area contributed by atoms with Crippen LogP contribution in [0.2, 0.25) is 0 Å². The molecular weight excluding hydrogens is 326 g/mol. The molecule has 0 spiro atoms. The number of ether oxygens (including phenoxy) is 2. The van der Waals surface area contributed by atoms with Gasteiger partial charge in [0, 0.05) is 18.2 Å². The molecule has 1 aliphatic heterocycles. The molecule has 0 unspecified atom stereocenters. The maximum atomic E-state index is 12.1. The Kier molecular flexibility index (Phi) is 3.64. The maximum absolute atomic E-state index is 12.1. The van der Waals surface area contributed by atoms with Crippen LogP contribution in [0.25, 0.3) is 0 Å². The summed E-state index contributed by atoms with van der Waals surface area (Å²) in [6.45, 7) is 1.25. The van der Waals surface area contributed by atoms with Gasteiger partial charge >= 0.3 is 0 Å². The van der Waals surface area contributed by atoms with Crippen LogP contribution in [0.5, 0.6) is 11.5 Å². The minimum atomic E-state index is -0.250. The van der Waals surface area contributed by atoms with Crippen LogP contribution in [-0.4, -0.2) is 19.1 Å². The number of fused-ring (bicyclic) bond motifs is 1. The number of nitrogens with one attached hydrogen (secondary N) is 1. The molecule has 20 heavy (non-hydrogen) atoms. The Morgan fingerprint density at radius 3 is 2.70 bits per heavy atom. The fourth-order valence-corrected chi connectivity index (χ4v) is 2.32. The van der Waals surface area contributed by atoms with Crippen molar-refractivity contribution in [2.45, 2.75) is 6.42 Å². The zero-order chi connectivity index (χ0) is 13.9. The molecule has 0 atom stereocenters. The van der Waals surface area contributed by atoms with Crippen LogP contribution in [0.1, 0.15) is 16.8 Å². The Hall–Kier alpha value is -1.95. The normalized spacial score (nSPS) is 13.7. The van der Waals surface area contributed by atoms with E-state index < -0.39 is 0 Å². The van der Waals surface area contributed by atoms with Crippen molar-refractivity contribution < 1.29 is 18.7 Å². The zero-order valence-electron chi connectivity index (χ0n) is 10.5. The third-order valence-electron chi connectivity index (χ3n) is 2.87. The predicted octanol–water partition coefficient (Wildman–Crippen LogP) is 3.46. The molecule has 1 aromatic carbocycles. The molecule has 1 N–H and O–H groups in total. The highest BCUT2D eigenvalue weighted by atomic mass is 79.9. The van der Waals surface area contributed by atoms with Crippen LogP contribution in [0.3, 0.4) is 0 Å². The number of benzene rings is 1. The standard InChI is InChI=1S/C14H12BrNO4/c15-13-10(4-7-20-13)14(17)16-9-2-3-11-12(8-9)19-6-1-5-18-11/h2-4,7-8H,1,5-6H2,(H,16,17). The van der Waals surface area contributed by atoms with Gasteiger partial charge in [0.15, 0.2) is 16.2 Å². The molecule has 1 amide bonds. The van der Waals surface area contributed by atoms with Crippen LogP contribution < -0.4 is 14.8 Å². The van der Waals surface area contributed by atoms with E-state index in [1.54, 1.807) is 24.3 Å². The third kappa shape index (κ3) is 2.65. The molecule has 0 fully saturated rings. The van der Waals surface area contributed by atoms with Crippen LogP contribution in [0.15, 0.2) is 39.6 Å². The summed E-state index contributed by atoms with van der Waals surface area (Å²) < 4.78 is 16.6. The summed E-state index contributed by atoms with van der Waals surface area (Å²) >= 11 is 3.18. The van der Waals surface area contributed by atoms with Crippen molar-refractivity contribution in [1.29, 1.82) is 0 Å². The van der Waals surface area contributed by atoms with Gasteiger partial charge in [0.05, 0.1) is 25.0 Å². The summed E-state index contributed by atoms with van der Waals surface area (Å²) in [5.41, 5.74) is 1.09. The molecule has 0 saturated carbocycles. The molecule has 3 rings (SSSR count). The summed E-state index contributed by atoms with van der Waals surface area (Å²) in [7, 11) is 0. The van der Waals surface area contributed by atoms with E-state index in [4.69, 9.17) is 13.9 Å². The first-order valence-electron chi connectivity index (χ1n) is 6.18. The first-order chi connectivity index (χ1) is 9.74. The number of hydrogen-bond donors (Lipinski definition) is 1. The molecule has 6 heteroatoms. The van der Waals surface area contributed by atoms with Crippen molar-refractivity contribution in [2.75, 3.05) is 18.5 Å². The molecule has 1 aromatic heterocycles. The first kappa shape index (κ1) is 13.1. The Morgan fingerprint density at radius 2 is 1.95 bits per heavy atom. The monoisotopic (exact) mass is 337 g/mol. The van der Waals surface area contributed by atoms with Gasteiger partial charge in [-0.1, -0.05) is 0 Å². The van der Waals surface area contributed by atoms with E-state index in [0.717, 1.165) is 6.42 Å². The second-order valence-corrected chi connectivity index (χ2v) is 4.99. The Morgan fingerprint density at radius 1 is 1.15 bits per heavy atom. The molecule has 104 valence electrons. The van der Waals surface area contributed by atoms with E-state index in [-0.39, 0.29) is 5.91 Å². The summed E-state index contributed by atoms with van der Waals surface area (Å²) in [6.07, 6.45) is 2.30. The van der Waals surface area contributed by atoms with Gasteiger partial charge in [-0.05, 0) is 34.1 Å². The minimum absolute atomic E-state index is 0.250. The van der Waals surface area contributed by atoms with Crippen molar-refractivity contribution in [3.63, 3.8) is 0 Å². The van der Waals surface area contributed by atoms with Crippen molar-refractivity contribution >= 4 is 27.5 Å². The van der Waals surface area contributed by atoms with Gasteiger partial charge in [0.1, 0.15) is 0 Å². The van der Waals surface area contributed by atoms with E-state index >= 15 is 0 Å². The van der Waals surface area contributed by atoms with Crippen molar-refractivity contribution in [1.82, 2.24) is 0 Å². The van der Waals surface area contributed by atoms with E-state index in [9.17, 15) is 4.79 Å². The van der Waals surface area contributed by atoms with Crippen LogP contribution in [0.4, 0.5) is 5.69 Å². The summed E-state index contributed by atoms with van der Waals surface area (Å²) in [4.78, 5) is 12.1. The lowest BCUT2D eigenvalue weighted by Gasteiger charge is -2.10. The smallest absolute Gasteiger partial charge is 0.260 e. The summed E-state index contributed by atoms with van der Waals surface area (Å²) in [6, 6.07) is 6.93. The summed E-state index contributed by atoms with van der Waals surface area (Å²) in [5, 5.41) is 2.79. The topological polar surface area (TPSA) is 60.7 Å². The Labute approximate surface area is 124 Å².